The Balaban J connectivity index is 0. The minimum atomic E-state index is -1.67. The fraction of sp³-hybridized carbons (Fsp3) is 0.171. The van der Waals surface area contributed by atoms with Crippen molar-refractivity contribution in [1.29, 1.82) is 26.3 Å². The van der Waals surface area contributed by atoms with Gasteiger partial charge in [-0.3, -0.25) is 101 Å². The zero-order valence-electron chi connectivity index (χ0n) is 70.0. The number of nitro benzene ring substituents is 10. The first-order valence-corrected chi connectivity index (χ1v) is 36.9. The number of aromatic nitrogens is 2. The average Bonchev–Trinajstić information content (AvgIpc) is 0.742. The molecule has 63 heteroatoms. The van der Waals surface area contributed by atoms with Crippen molar-refractivity contribution in [2.24, 2.45) is 17.7 Å². The Morgan fingerprint density at radius 2 is 0.624 bits per heavy atom. The molecule has 0 aliphatic carbocycles. The van der Waals surface area contributed by atoms with Crippen molar-refractivity contribution < 1.29 is 107 Å². The van der Waals surface area contributed by atoms with Gasteiger partial charge in [0.05, 0.1) is 141 Å². The number of benzene rings is 8. The quantitative estimate of drug-likeness (QED) is 0.0114. The van der Waals surface area contributed by atoms with Crippen LogP contribution in [0, 0.1) is 213 Å². The molecule has 60 nitrogen and oxygen atoms in total. The molecule has 0 saturated heterocycles. The predicted octanol–water partition coefficient (Wildman–Crippen LogP) is 9.01. The minimum absolute atomic E-state index is 0.104. The Morgan fingerprint density at radius 3 is 0.895 bits per heavy atom. The van der Waals surface area contributed by atoms with E-state index in [1.807, 2.05) is 12.1 Å². The van der Waals surface area contributed by atoms with Crippen LogP contribution in [0.4, 0.5) is 102 Å². The highest BCUT2D eigenvalue weighted by Gasteiger charge is 2.34. The van der Waals surface area contributed by atoms with Crippen LogP contribution in [-0.4, -0.2) is 118 Å². The maximum absolute atomic E-state index is 11.2. The fourth-order valence-corrected chi connectivity index (χ4v) is 10.1. The van der Waals surface area contributed by atoms with Crippen molar-refractivity contribution in [2.75, 3.05) is 60.1 Å². The van der Waals surface area contributed by atoms with Gasteiger partial charge in [0, 0.05) is 108 Å². The molecule has 0 amide bonds. The molecule has 0 saturated carbocycles. The molecule has 1 heterocycles. The van der Waals surface area contributed by atoms with Crippen molar-refractivity contribution >= 4 is 185 Å². The number of hydrogen-bond donors (Lipinski definition) is 13. The van der Waals surface area contributed by atoms with Gasteiger partial charge >= 0.3 is 41.2 Å². The van der Waals surface area contributed by atoms with Crippen molar-refractivity contribution in [3.8, 4) is 30.3 Å². The lowest BCUT2D eigenvalue weighted by Crippen LogP contribution is -2.14. The number of nitrogen functional groups attached to an aromatic ring is 8. The zero-order valence-corrected chi connectivity index (χ0v) is 72.4. The molecule has 0 spiro atoms. The number of rotatable bonds is 15. The number of aliphatic hydroxyl groups excluding tert-OH is 1. The number of nitrogens with two attached hydrogens (primary N) is 11. The highest BCUT2D eigenvalue weighted by Crippen LogP contribution is 2.40. The van der Waals surface area contributed by atoms with E-state index in [9.17, 15) is 136 Å². The Labute approximate surface area is 753 Å². The van der Waals surface area contributed by atoms with Gasteiger partial charge in [-0.1, -0.05) is 0 Å². The van der Waals surface area contributed by atoms with Crippen LogP contribution in [0.1, 0.15) is 127 Å². The highest BCUT2D eigenvalue weighted by atomic mass is 36.0. The van der Waals surface area contributed by atoms with E-state index in [2.05, 4.69) is 74.3 Å². The van der Waals surface area contributed by atoms with E-state index in [4.69, 9.17) is 76.1 Å². The lowest BCUT2D eigenvalue weighted by atomic mass is 10.0. The summed E-state index contributed by atoms with van der Waals surface area (Å²) in [6.45, 7) is 14.2. The van der Waals surface area contributed by atoms with Crippen LogP contribution in [-0.2, 0) is 28.5 Å². The number of carbonyl (C=O) groups excluding carboxylic acids is 4. The van der Waals surface area contributed by atoms with Crippen molar-refractivity contribution in [1.82, 2.24) is 9.97 Å². The second-order valence-corrected chi connectivity index (χ2v) is 26.7. The Hall–Kier alpha value is -18.9. The van der Waals surface area contributed by atoms with Gasteiger partial charge in [0.2, 0.25) is 9.23 Å². The number of nitriles is 5. The number of carboxylic acid groups (broad SMARTS) is 1. The van der Waals surface area contributed by atoms with Gasteiger partial charge in [-0.2, -0.15) is 44.0 Å². The molecule has 0 unspecified atom stereocenters. The topological polar surface area (TPSA) is 1040 Å². The van der Waals surface area contributed by atoms with Gasteiger partial charge in [-0.05, 0) is 78.6 Å². The van der Waals surface area contributed by atoms with Crippen LogP contribution in [0.3, 0.4) is 0 Å². The van der Waals surface area contributed by atoms with Gasteiger partial charge in [0.25, 0.3) is 45.5 Å². The summed E-state index contributed by atoms with van der Waals surface area (Å²) >= 11 is 0. The summed E-state index contributed by atoms with van der Waals surface area (Å²) in [7, 11) is 9.44. The van der Waals surface area contributed by atoms with Gasteiger partial charge in [0.15, 0.2) is 0 Å². The number of anilines is 8. The molecule has 1 aromatic heterocycles. The Bertz CT molecular complexity index is 6150. The normalized spacial score (nSPS) is 9.46. The molecule has 9 aromatic rings. The molecule has 133 heavy (non-hydrogen) atoms. The van der Waals surface area contributed by atoms with Gasteiger partial charge in [-0.25, -0.2) is 38.1 Å². The number of aryl methyl sites for hydroxylation is 2. The van der Waals surface area contributed by atoms with Crippen LogP contribution >= 0.6 is 21.4 Å². The van der Waals surface area contributed by atoms with E-state index < -0.39 is 173 Å². The van der Waals surface area contributed by atoms with Crippen LogP contribution in [0.2, 0.25) is 0 Å². The van der Waals surface area contributed by atoms with E-state index in [1.54, 1.807) is 39.0 Å². The molecule has 0 aliphatic rings. The monoisotopic (exact) mass is 1920 g/mol. The standard InChI is InChI=1S/C16H13N7.C9H8N2O6.2C8H8N4O6.C8H10N4.C8H7N3O6.C8H6N2O6.2C2H3N.CH4O.Cl2OS/c1-6-10(19)3-8(4-17)15-13(6)22-14-7(2)11(20)12(21)9(5-18)16(14)23-15;1-5-7(10(13)14)3-6(9(12)17-2)4-8(5)11(15)16;2*1-3-5(11(14)15)2-4(8(13)18-10)6(9)7(3)12(16)17;1-4-6(10)2-5(3-9)8(12)7(4)11;1-4-6(10(13)14)2-5(8(12)17-9)3-7(4)11(15)16;1-4-6(9(13)14)2-5(8(11)12)3-7(4)10(15)16;2*1-2-3;1-2;1-4(2)3/h3H,19-21H2,1-2H3;3-4H,1-2H3;2*2H,9-10H2,1H3;2H,10-12H2,1H3;2-3H,9H2,1H3;2-3H,1H3,(H,11,12);2*1H3;2H,1H3;. The lowest BCUT2D eigenvalue weighted by Gasteiger charge is -2.13. The lowest BCUT2D eigenvalue weighted by molar-refractivity contribution is -0.395. The molecule has 702 valence electrons. The van der Waals surface area contributed by atoms with Crippen LogP contribution in [0.25, 0.3) is 22.1 Å². The summed E-state index contributed by atoms with van der Waals surface area (Å²) in [5.41, 5.74) is 42.2. The van der Waals surface area contributed by atoms with Crippen LogP contribution in [0.5, 0.6) is 0 Å². The third kappa shape index (κ3) is 30.2. The summed E-state index contributed by atoms with van der Waals surface area (Å²) in [6, 6.07) is 19.4. The smallest absolute Gasteiger partial charge is 0.359 e. The molecule has 0 radical (unpaired) electrons. The minimum Gasteiger partial charge on any atom is -0.478 e. The molecular weight excluding hydrogens is 1850 g/mol. The number of aromatic carboxylic acids is 1. The number of nitro groups is 10. The third-order valence-corrected chi connectivity index (χ3v) is 16.7. The number of ether oxygens (including phenoxy) is 1. The summed E-state index contributed by atoms with van der Waals surface area (Å²) in [4.78, 5) is 174. The fourth-order valence-electron chi connectivity index (χ4n) is 10.1. The van der Waals surface area contributed by atoms with Gasteiger partial charge in [0.1, 0.15) is 74.0 Å². The number of hydrogen-bond acceptors (Lipinski definition) is 49. The van der Waals surface area contributed by atoms with Gasteiger partial charge in [-0.15, -0.1) is 0 Å². The number of carbonyl (C=O) groups is 5. The number of nitrogens with zero attached hydrogens (tertiary/aromatic N) is 17. The summed E-state index contributed by atoms with van der Waals surface area (Å²) in [5.74, 6) is 8.05. The Morgan fingerprint density at radius 1 is 0.361 bits per heavy atom. The van der Waals surface area contributed by atoms with Crippen LogP contribution in [0.15, 0.2) is 60.7 Å². The SMILES string of the molecule is CC#N.CC#N.CO.COC(=O)c1cc([N+](=O)[O-])c(C)c([N+](=O)[O-])c1.Cc1c(N)cc(C#N)c(N)c1N.Cc1c(N)cc(C#N)c2nc3c(C#N)c(N)c(N)c(C)c3nc12.Cc1c([N+](=O)[O-])cc(C(=O)O)cc1[N+](=O)[O-].Cc1c([N+](=O)[O-])cc(C(=O)ON)c(N)c1[N+](=O)[O-].Cc1c([N+](=O)[O-])cc(C(=O)ON)c(N)c1[N+](=O)[O-].Cc1c([N+](=O)[O-])cc(C(=O)ON)cc1[N+](=O)[O-].O=S(Cl)Cl. The first kappa shape index (κ1) is 116. The average molecular weight is 1920 g/mol. The molecular formula is C70H70Cl2N28O32S. The largest absolute Gasteiger partial charge is 0.478 e. The van der Waals surface area contributed by atoms with Crippen molar-refractivity contribution in [3.63, 3.8) is 0 Å². The number of esters is 1. The number of halogens is 2. The third-order valence-electron chi connectivity index (χ3n) is 16.7. The maximum Gasteiger partial charge on any atom is 0.359 e. The molecule has 0 atom stereocenters. The first-order chi connectivity index (χ1) is 61.7. The highest BCUT2D eigenvalue weighted by molar-refractivity contribution is 8.26. The predicted molar refractivity (Wildman–Crippen MR) is 467 cm³/mol. The number of aliphatic hydroxyl groups is 1. The molecule has 8 aromatic carbocycles. The first-order valence-electron chi connectivity index (χ1n) is 34.1. The summed E-state index contributed by atoms with van der Waals surface area (Å²) < 4.78 is 13.4. The molecule has 24 N–H and O–H groups in total. The van der Waals surface area contributed by atoms with Gasteiger partial charge < -0.3 is 75.3 Å². The second kappa shape index (κ2) is 52.8. The number of fused-ring (bicyclic) bond motifs is 2. The molecule has 0 fully saturated rings. The summed E-state index contributed by atoms with van der Waals surface area (Å²) in [6.07, 6.45) is 0. The maximum atomic E-state index is 11.2. The number of methoxy groups -OCH3 is 1. The van der Waals surface area contributed by atoms with E-state index in [0.717, 1.165) is 87.7 Å². The molecule has 0 bridgehead atoms. The van der Waals surface area contributed by atoms with E-state index in [-0.39, 0.29) is 50.2 Å². The Kier molecular flexibility index (Phi) is 46.1. The van der Waals surface area contributed by atoms with E-state index in [0.29, 0.717) is 67.2 Å². The second-order valence-electron chi connectivity index (χ2n) is 24.2. The van der Waals surface area contributed by atoms with E-state index >= 15 is 0 Å². The number of carboxylic acids is 1. The zero-order chi connectivity index (χ0) is 104. The van der Waals surface area contributed by atoms with Crippen molar-refractivity contribution in [3.05, 3.63) is 251 Å². The molecule has 9 rings (SSSR count). The van der Waals surface area contributed by atoms with Crippen molar-refractivity contribution in [2.45, 2.75) is 69.2 Å². The summed E-state index contributed by atoms with van der Waals surface area (Å²) in [5, 5.41) is 164. The molecule has 0 aliphatic heterocycles. The van der Waals surface area contributed by atoms with Crippen LogP contribution < -0.4 is 63.6 Å². The van der Waals surface area contributed by atoms with E-state index in [1.165, 1.54) is 40.7 Å².